The fourth-order valence-electron chi connectivity index (χ4n) is 4.59. The Morgan fingerprint density at radius 1 is 0.946 bits per heavy atom. The molecule has 0 bridgehead atoms. The van der Waals surface area contributed by atoms with E-state index in [4.69, 9.17) is 10.5 Å². The molecule has 0 aliphatic carbocycles. The molecule has 0 amide bonds. The van der Waals surface area contributed by atoms with Crippen molar-refractivity contribution in [1.29, 1.82) is 0 Å². The molecule has 2 aromatic heterocycles. The number of rotatable bonds is 8. The first-order chi connectivity index (χ1) is 18.0. The van der Waals surface area contributed by atoms with Gasteiger partial charge in [0.25, 0.3) is 0 Å². The quantitative estimate of drug-likeness (QED) is 0.309. The molecule has 1 saturated heterocycles. The van der Waals surface area contributed by atoms with Crippen LogP contribution in [-0.4, -0.2) is 70.2 Å². The first-order valence-corrected chi connectivity index (χ1v) is 12.2. The maximum Gasteiger partial charge on any atom is 0.229 e. The number of nitrogens with zero attached hydrogens (tertiary/aromatic N) is 7. The van der Waals surface area contributed by atoms with E-state index in [1.807, 2.05) is 36.4 Å². The molecule has 11 heteroatoms. The van der Waals surface area contributed by atoms with Crippen LogP contribution in [0.3, 0.4) is 0 Å². The van der Waals surface area contributed by atoms with Crippen LogP contribution >= 0.6 is 0 Å². The first-order valence-electron chi connectivity index (χ1n) is 12.2. The molecule has 2 aromatic carbocycles. The monoisotopic (exact) mass is 500 g/mol. The first kappa shape index (κ1) is 24.3. The molecule has 3 heterocycles. The van der Waals surface area contributed by atoms with Crippen molar-refractivity contribution < 1.29 is 4.74 Å². The molecule has 4 N–H and O–H groups in total. The van der Waals surface area contributed by atoms with Gasteiger partial charge in [0.2, 0.25) is 5.95 Å². The molecule has 0 saturated carbocycles. The Morgan fingerprint density at radius 2 is 1.70 bits per heavy atom. The summed E-state index contributed by atoms with van der Waals surface area (Å²) in [5.41, 5.74) is 10.5. The second-order valence-corrected chi connectivity index (χ2v) is 9.14. The highest BCUT2D eigenvalue weighted by molar-refractivity contribution is 5.79. The standard InChI is InChI=1S/C26H32N10O/c1-34(2)18-9-14-35(15-10-18)23-17-24(37-3)21(16-19(23)27)32-26-28-11-8-25(33-26)31-20-6-4-5-7-22(20)36-29-12-13-30-36/h4-8,11-13,16-18H,9-10,14-15,27H2,1-3H3,(H2,28,31,32,33). The van der Waals surface area contributed by atoms with Crippen LogP contribution < -0.4 is 26.0 Å². The van der Waals surface area contributed by atoms with E-state index in [1.54, 1.807) is 36.6 Å². The minimum absolute atomic E-state index is 0.414. The summed E-state index contributed by atoms with van der Waals surface area (Å²) in [6, 6.07) is 14.0. The lowest BCUT2D eigenvalue weighted by molar-refractivity contribution is 0.249. The van der Waals surface area contributed by atoms with E-state index in [0.29, 0.717) is 34.9 Å². The van der Waals surface area contributed by atoms with Gasteiger partial charge in [-0.05, 0) is 51.2 Å². The highest BCUT2D eigenvalue weighted by Gasteiger charge is 2.23. The van der Waals surface area contributed by atoms with Gasteiger partial charge in [0.1, 0.15) is 17.3 Å². The topological polar surface area (TPSA) is 122 Å². The predicted octanol–water partition coefficient (Wildman–Crippen LogP) is 3.67. The third kappa shape index (κ3) is 5.41. The normalized spacial score (nSPS) is 14.1. The van der Waals surface area contributed by atoms with Crippen molar-refractivity contribution in [1.82, 2.24) is 29.9 Å². The molecule has 0 radical (unpaired) electrons. The number of nitrogen functional groups attached to an aromatic ring is 1. The maximum atomic E-state index is 6.50. The van der Waals surface area contributed by atoms with Crippen molar-refractivity contribution >= 4 is 34.5 Å². The van der Waals surface area contributed by atoms with Crippen LogP contribution in [0.5, 0.6) is 5.75 Å². The van der Waals surface area contributed by atoms with Gasteiger partial charge >= 0.3 is 0 Å². The van der Waals surface area contributed by atoms with E-state index in [-0.39, 0.29) is 0 Å². The lowest BCUT2D eigenvalue weighted by atomic mass is 10.0. The summed E-state index contributed by atoms with van der Waals surface area (Å²) in [5, 5.41) is 15.1. The molecule has 5 rings (SSSR count). The van der Waals surface area contributed by atoms with Gasteiger partial charge in [-0.2, -0.15) is 15.2 Å². The van der Waals surface area contributed by atoms with E-state index in [9.17, 15) is 0 Å². The molecule has 37 heavy (non-hydrogen) atoms. The summed E-state index contributed by atoms with van der Waals surface area (Å²) >= 11 is 0. The van der Waals surface area contributed by atoms with Gasteiger partial charge in [-0.25, -0.2) is 4.98 Å². The zero-order chi connectivity index (χ0) is 25.8. The zero-order valence-corrected chi connectivity index (χ0v) is 21.3. The number of hydrogen-bond donors (Lipinski definition) is 3. The molecule has 0 unspecified atom stereocenters. The fraction of sp³-hybridized carbons (Fsp3) is 0.308. The molecule has 0 atom stereocenters. The number of piperidine rings is 1. The van der Waals surface area contributed by atoms with E-state index in [2.05, 4.69) is 54.7 Å². The van der Waals surface area contributed by atoms with Crippen LogP contribution in [-0.2, 0) is 0 Å². The van der Waals surface area contributed by atoms with E-state index in [1.165, 1.54) is 0 Å². The summed E-state index contributed by atoms with van der Waals surface area (Å²) in [6.07, 6.45) is 7.16. The number of anilines is 6. The van der Waals surface area contributed by atoms with Crippen LogP contribution in [0.1, 0.15) is 12.8 Å². The summed E-state index contributed by atoms with van der Waals surface area (Å²) < 4.78 is 5.71. The van der Waals surface area contributed by atoms with E-state index < -0.39 is 0 Å². The summed E-state index contributed by atoms with van der Waals surface area (Å²) in [7, 11) is 5.93. The average molecular weight is 501 g/mol. The lowest BCUT2D eigenvalue weighted by Crippen LogP contribution is -2.42. The zero-order valence-electron chi connectivity index (χ0n) is 21.3. The van der Waals surface area contributed by atoms with E-state index in [0.717, 1.165) is 43.0 Å². The predicted molar refractivity (Wildman–Crippen MR) is 146 cm³/mol. The number of nitrogens with two attached hydrogens (primary N) is 1. The van der Waals surface area contributed by atoms with Gasteiger partial charge in [0.15, 0.2) is 0 Å². The largest absolute Gasteiger partial charge is 0.494 e. The second kappa shape index (κ2) is 10.7. The van der Waals surface area contributed by atoms with Crippen molar-refractivity contribution in [2.24, 2.45) is 0 Å². The number of aromatic nitrogens is 5. The van der Waals surface area contributed by atoms with Crippen molar-refractivity contribution in [3.05, 3.63) is 61.1 Å². The number of para-hydroxylation sites is 2. The maximum absolute atomic E-state index is 6.50. The third-order valence-electron chi connectivity index (χ3n) is 6.59. The molecule has 192 valence electrons. The number of ether oxygens (including phenoxy) is 1. The summed E-state index contributed by atoms with van der Waals surface area (Å²) in [4.78, 5) is 15.2. The highest BCUT2D eigenvalue weighted by atomic mass is 16.5. The van der Waals surface area contributed by atoms with Crippen LogP contribution in [0, 0.1) is 0 Å². The molecule has 1 fully saturated rings. The molecular formula is C26H32N10O. The number of benzene rings is 2. The average Bonchev–Trinajstić information content (AvgIpc) is 3.44. The van der Waals surface area contributed by atoms with Crippen LogP contribution in [0.15, 0.2) is 61.1 Å². The van der Waals surface area contributed by atoms with Gasteiger partial charge in [-0.15, -0.1) is 4.80 Å². The minimum atomic E-state index is 0.414. The Kier molecular flexibility index (Phi) is 7.04. The SMILES string of the molecule is COc1cc(N2CCC(N(C)C)CC2)c(N)cc1Nc1nccc(Nc2ccccc2-n2nccn2)n1. The second-order valence-electron chi connectivity index (χ2n) is 9.14. The Balaban J connectivity index is 1.34. The van der Waals surface area contributed by atoms with Gasteiger partial charge in [0, 0.05) is 31.4 Å². The highest BCUT2D eigenvalue weighted by Crippen LogP contribution is 2.37. The lowest BCUT2D eigenvalue weighted by Gasteiger charge is -2.37. The molecule has 11 nitrogen and oxygen atoms in total. The Bertz CT molecular complexity index is 1330. The Labute approximate surface area is 216 Å². The van der Waals surface area contributed by atoms with Crippen molar-refractivity contribution in [2.45, 2.75) is 18.9 Å². The van der Waals surface area contributed by atoms with Gasteiger partial charge < -0.3 is 30.9 Å². The summed E-state index contributed by atoms with van der Waals surface area (Å²) in [6.45, 7) is 1.91. The number of hydrogen-bond acceptors (Lipinski definition) is 10. The van der Waals surface area contributed by atoms with Gasteiger partial charge in [-0.3, -0.25) is 0 Å². The molecule has 4 aromatic rings. The van der Waals surface area contributed by atoms with Crippen LogP contribution in [0.2, 0.25) is 0 Å². The molecule has 1 aliphatic rings. The molecule has 0 spiro atoms. The molecule has 1 aliphatic heterocycles. The number of nitrogens with one attached hydrogen (secondary N) is 2. The minimum Gasteiger partial charge on any atom is -0.494 e. The van der Waals surface area contributed by atoms with Crippen molar-refractivity contribution in [2.75, 3.05) is 55.6 Å². The molecular weight excluding hydrogens is 468 g/mol. The Morgan fingerprint density at radius 3 is 2.43 bits per heavy atom. The van der Waals surface area contributed by atoms with Crippen molar-refractivity contribution in [3.63, 3.8) is 0 Å². The summed E-state index contributed by atoms with van der Waals surface area (Å²) in [5.74, 6) is 1.71. The van der Waals surface area contributed by atoms with E-state index >= 15 is 0 Å². The fourth-order valence-corrected chi connectivity index (χ4v) is 4.59. The third-order valence-corrected chi connectivity index (χ3v) is 6.59. The number of methoxy groups -OCH3 is 1. The van der Waals surface area contributed by atoms with Crippen LogP contribution in [0.25, 0.3) is 5.69 Å². The van der Waals surface area contributed by atoms with Crippen molar-refractivity contribution in [3.8, 4) is 11.4 Å². The van der Waals surface area contributed by atoms with Gasteiger partial charge in [-0.1, -0.05) is 12.1 Å². The smallest absolute Gasteiger partial charge is 0.229 e. The van der Waals surface area contributed by atoms with Gasteiger partial charge in [0.05, 0.1) is 42.3 Å². The Hall–Kier alpha value is -4.38. The van der Waals surface area contributed by atoms with Crippen LogP contribution in [0.4, 0.5) is 34.5 Å².